The number of pyridine rings is 1. The summed E-state index contributed by atoms with van der Waals surface area (Å²) in [6.07, 6.45) is 10.3. The molecule has 6 nitrogen and oxygen atoms in total. The van der Waals surface area contributed by atoms with Crippen molar-refractivity contribution in [1.29, 1.82) is 0 Å². The first-order valence-corrected chi connectivity index (χ1v) is 8.55. The minimum Gasteiger partial charge on any atom is -0.478 e. The first-order chi connectivity index (χ1) is 13.0. The molecular weight excluding hydrogens is 364 g/mol. The summed E-state index contributed by atoms with van der Waals surface area (Å²) >= 11 is 6.39. The molecule has 0 bridgehead atoms. The van der Waals surface area contributed by atoms with Crippen molar-refractivity contribution in [3.63, 3.8) is 0 Å². The molecule has 0 saturated carbocycles. The van der Waals surface area contributed by atoms with Crippen molar-refractivity contribution < 1.29 is 9.90 Å². The summed E-state index contributed by atoms with van der Waals surface area (Å²) in [5.41, 5.74) is 4.71. The van der Waals surface area contributed by atoms with Gasteiger partial charge in [0.1, 0.15) is 0 Å². The average Bonchev–Trinajstić information content (AvgIpc) is 3.31. The first-order valence-electron chi connectivity index (χ1n) is 8.17. The molecular formula is C20H15ClN4O2. The van der Waals surface area contributed by atoms with Crippen LogP contribution in [0.25, 0.3) is 27.9 Å². The summed E-state index contributed by atoms with van der Waals surface area (Å²) in [4.78, 5) is 15.4. The number of rotatable bonds is 4. The molecule has 0 spiro atoms. The van der Waals surface area contributed by atoms with Crippen LogP contribution >= 0.6 is 11.6 Å². The Labute approximate surface area is 160 Å². The number of aryl methyl sites for hydroxylation is 1. The van der Waals surface area contributed by atoms with Crippen molar-refractivity contribution in [1.82, 2.24) is 19.3 Å². The zero-order chi connectivity index (χ0) is 19.0. The molecule has 7 heteroatoms. The number of carboxylic acid groups (broad SMARTS) is 1. The van der Waals surface area contributed by atoms with Crippen LogP contribution in [-0.2, 0) is 7.05 Å². The second-order valence-corrected chi connectivity index (χ2v) is 6.52. The molecule has 0 amide bonds. The van der Waals surface area contributed by atoms with E-state index in [0.717, 1.165) is 22.3 Å². The molecule has 27 heavy (non-hydrogen) atoms. The fourth-order valence-corrected chi connectivity index (χ4v) is 3.23. The normalized spacial score (nSPS) is 10.9. The van der Waals surface area contributed by atoms with Gasteiger partial charge in [0, 0.05) is 49.2 Å². The molecule has 3 heterocycles. The fraction of sp³-hybridized carbons (Fsp3) is 0.0500. The Hall–Kier alpha value is -3.38. The predicted molar refractivity (Wildman–Crippen MR) is 103 cm³/mol. The highest BCUT2D eigenvalue weighted by atomic mass is 35.5. The van der Waals surface area contributed by atoms with Crippen LogP contribution in [0.5, 0.6) is 0 Å². The van der Waals surface area contributed by atoms with E-state index in [9.17, 15) is 9.90 Å². The van der Waals surface area contributed by atoms with E-state index in [-0.39, 0.29) is 5.56 Å². The first kappa shape index (κ1) is 17.1. The highest BCUT2D eigenvalue weighted by Crippen LogP contribution is 2.33. The molecule has 4 rings (SSSR count). The number of halogens is 1. The van der Waals surface area contributed by atoms with Gasteiger partial charge in [-0.05, 0) is 17.2 Å². The van der Waals surface area contributed by atoms with Crippen molar-refractivity contribution in [2.75, 3.05) is 0 Å². The zero-order valence-electron chi connectivity index (χ0n) is 14.4. The number of nitrogens with zero attached hydrogens (tertiary/aromatic N) is 4. The van der Waals surface area contributed by atoms with Crippen LogP contribution in [0, 0.1) is 0 Å². The average molecular weight is 379 g/mol. The Morgan fingerprint density at radius 1 is 1.00 bits per heavy atom. The third-order valence-corrected chi connectivity index (χ3v) is 4.58. The lowest BCUT2D eigenvalue weighted by molar-refractivity contribution is 0.0697. The van der Waals surface area contributed by atoms with Gasteiger partial charge < -0.3 is 9.67 Å². The van der Waals surface area contributed by atoms with Crippen molar-refractivity contribution in [2.45, 2.75) is 0 Å². The van der Waals surface area contributed by atoms with Gasteiger partial charge in [0.05, 0.1) is 22.5 Å². The highest BCUT2D eigenvalue weighted by molar-refractivity contribution is 6.32. The van der Waals surface area contributed by atoms with Crippen LogP contribution in [0.1, 0.15) is 10.4 Å². The summed E-state index contributed by atoms with van der Waals surface area (Å²) < 4.78 is 3.46. The number of carbonyl (C=O) groups is 1. The maximum absolute atomic E-state index is 11.2. The predicted octanol–water partition coefficient (Wildman–Crippen LogP) is 4.29. The molecule has 0 unspecified atom stereocenters. The van der Waals surface area contributed by atoms with Gasteiger partial charge in [-0.3, -0.25) is 9.67 Å². The summed E-state index contributed by atoms with van der Waals surface area (Å²) in [5, 5.41) is 13.8. The van der Waals surface area contributed by atoms with Crippen LogP contribution < -0.4 is 0 Å². The van der Waals surface area contributed by atoms with Crippen LogP contribution in [-0.4, -0.2) is 30.4 Å². The molecule has 0 aliphatic rings. The molecule has 0 saturated heterocycles. The van der Waals surface area contributed by atoms with Gasteiger partial charge in [0.2, 0.25) is 0 Å². The Balaban J connectivity index is 1.78. The Kier molecular flexibility index (Phi) is 4.25. The molecule has 4 aromatic rings. The topological polar surface area (TPSA) is 72.9 Å². The number of benzene rings is 1. The quantitative estimate of drug-likeness (QED) is 0.575. The summed E-state index contributed by atoms with van der Waals surface area (Å²) in [5.74, 6) is -0.985. The van der Waals surface area contributed by atoms with Gasteiger partial charge in [-0.1, -0.05) is 35.9 Å². The number of hydrogen-bond acceptors (Lipinski definition) is 3. The molecule has 1 aromatic carbocycles. The lowest BCUT2D eigenvalue weighted by atomic mass is 10.0. The smallest absolute Gasteiger partial charge is 0.337 e. The Morgan fingerprint density at radius 3 is 2.37 bits per heavy atom. The van der Waals surface area contributed by atoms with Gasteiger partial charge in [0.15, 0.2) is 0 Å². The fourth-order valence-electron chi connectivity index (χ4n) is 2.98. The lowest BCUT2D eigenvalue weighted by Crippen LogP contribution is -1.98. The van der Waals surface area contributed by atoms with Crippen molar-refractivity contribution >= 4 is 17.6 Å². The van der Waals surface area contributed by atoms with E-state index in [1.165, 1.54) is 12.3 Å². The lowest BCUT2D eigenvalue weighted by Gasteiger charge is -2.13. The second kappa shape index (κ2) is 6.74. The largest absolute Gasteiger partial charge is 0.478 e. The third kappa shape index (κ3) is 3.22. The summed E-state index contributed by atoms with van der Waals surface area (Å²) in [6, 6.07) is 9.53. The molecule has 3 aromatic heterocycles. The maximum Gasteiger partial charge on any atom is 0.337 e. The van der Waals surface area contributed by atoms with Crippen molar-refractivity contribution in [2.24, 2.45) is 7.05 Å². The van der Waals surface area contributed by atoms with E-state index in [2.05, 4.69) is 10.1 Å². The molecule has 134 valence electrons. The molecule has 0 fully saturated rings. The van der Waals surface area contributed by atoms with Crippen LogP contribution in [0.15, 0.2) is 67.5 Å². The van der Waals surface area contributed by atoms with E-state index in [1.54, 1.807) is 27.8 Å². The van der Waals surface area contributed by atoms with Gasteiger partial charge in [0.25, 0.3) is 0 Å². The number of aromatic carboxylic acids is 1. The molecule has 0 radical (unpaired) electrons. The van der Waals surface area contributed by atoms with Crippen molar-refractivity contribution in [3.05, 3.63) is 78.1 Å². The Bertz CT molecular complexity index is 1130. The Morgan fingerprint density at radius 2 is 1.74 bits per heavy atom. The van der Waals surface area contributed by atoms with Crippen LogP contribution in [0.4, 0.5) is 0 Å². The van der Waals surface area contributed by atoms with E-state index in [0.29, 0.717) is 10.7 Å². The summed E-state index contributed by atoms with van der Waals surface area (Å²) in [6.45, 7) is 0. The van der Waals surface area contributed by atoms with Gasteiger partial charge in [-0.15, -0.1) is 0 Å². The highest BCUT2D eigenvalue weighted by Gasteiger charge is 2.14. The minimum atomic E-state index is -0.985. The van der Waals surface area contributed by atoms with Crippen molar-refractivity contribution in [3.8, 4) is 27.9 Å². The van der Waals surface area contributed by atoms with E-state index >= 15 is 0 Å². The summed E-state index contributed by atoms with van der Waals surface area (Å²) in [7, 11) is 1.88. The SMILES string of the molecule is Cn1cc(-c2ccc(-c3cncc(Cl)c3-n3ccc(C(=O)O)c3)cc2)cn1. The molecule has 1 N–H and O–H groups in total. The maximum atomic E-state index is 11.2. The molecule has 0 aliphatic heterocycles. The number of hydrogen-bond donors (Lipinski definition) is 1. The van der Waals surface area contributed by atoms with Gasteiger partial charge in [-0.25, -0.2) is 4.79 Å². The monoisotopic (exact) mass is 378 g/mol. The minimum absolute atomic E-state index is 0.195. The van der Waals surface area contributed by atoms with Crippen LogP contribution in [0.2, 0.25) is 5.02 Å². The van der Waals surface area contributed by atoms with Gasteiger partial charge >= 0.3 is 5.97 Å². The van der Waals surface area contributed by atoms with E-state index in [4.69, 9.17) is 11.6 Å². The second-order valence-electron chi connectivity index (χ2n) is 6.11. The third-order valence-electron chi connectivity index (χ3n) is 4.30. The number of carboxylic acids is 1. The zero-order valence-corrected chi connectivity index (χ0v) is 15.1. The van der Waals surface area contributed by atoms with Crippen LogP contribution in [0.3, 0.4) is 0 Å². The van der Waals surface area contributed by atoms with E-state index in [1.807, 2.05) is 43.7 Å². The standard InChI is InChI=1S/C20H15ClN4O2/c1-24-11-16(8-23-24)13-2-4-14(5-3-13)17-9-22-10-18(21)19(17)25-7-6-15(12-25)20(26)27/h2-12H,1H3,(H,26,27). The van der Waals surface area contributed by atoms with Gasteiger partial charge in [-0.2, -0.15) is 5.10 Å². The molecule has 0 atom stereocenters. The van der Waals surface area contributed by atoms with E-state index < -0.39 is 5.97 Å². The number of aromatic nitrogens is 4. The molecule has 0 aliphatic carbocycles.